The molecule has 0 spiro atoms. The molecule has 1 aliphatic heterocycles. The quantitative estimate of drug-likeness (QED) is 0.756. The van der Waals surface area contributed by atoms with Crippen molar-refractivity contribution in [3.8, 4) is 0 Å². The van der Waals surface area contributed by atoms with Gasteiger partial charge in [-0.15, -0.1) is 0 Å². The maximum absolute atomic E-state index is 11.6. The Morgan fingerprint density at radius 1 is 1.59 bits per heavy atom. The maximum Gasteiger partial charge on any atom is 0.326 e. The summed E-state index contributed by atoms with van der Waals surface area (Å²) in [5, 5.41) is 11.5. The average Bonchev–Trinajstić information content (AvgIpc) is 2.35. The third-order valence-electron chi connectivity index (χ3n) is 3.06. The lowest BCUT2D eigenvalue weighted by Gasteiger charge is -2.25. The van der Waals surface area contributed by atoms with Crippen LogP contribution in [0.1, 0.15) is 19.8 Å². The first-order valence-corrected chi connectivity index (χ1v) is 5.83. The Hall–Kier alpha value is -1.30. The molecule has 0 aliphatic carbocycles. The minimum atomic E-state index is -1.01. The van der Waals surface area contributed by atoms with Crippen LogP contribution in [-0.4, -0.2) is 54.9 Å². The Kier molecular flexibility index (Phi) is 5.21. The van der Waals surface area contributed by atoms with E-state index in [1.54, 1.807) is 0 Å². The predicted molar refractivity (Wildman–Crippen MR) is 61.8 cm³/mol. The standard InChI is InChI=1S/C11H20N2O4/c1-8(10(14)15)13(2)11(16)12-6-9-4-3-5-17-7-9/h8-9H,3-7H2,1-2H3,(H,12,16)(H,14,15). The number of carboxylic acid groups (broad SMARTS) is 1. The fraction of sp³-hybridized carbons (Fsp3) is 0.818. The normalized spacial score (nSPS) is 21.6. The predicted octanol–water partition coefficient (Wildman–Crippen LogP) is 0.527. The van der Waals surface area contributed by atoms with E-state index in [4.69, 9.17) is 9.84 Å². The zero-order valence-corrected chi connectivity index (χ0v) is 10.3. The second kappa shape index (κ2) is 6.44. The topological polar surface area (TPSA) is 78.9 Å². The highest BCUT2D eigenvalue weighted by Gasteiger charge is 2.22. The van der Waals surface area contributed by atoms with E-state index >= 15 is 0 Å². The number of ether oxygens (including phenoxy) is 1. The minimum Gasteiger partial charge on any atom is -0.480 e. The van der Waals surface area contributed by atoms with E-state index in [9.17, 15) is 9.59 Å². The highest BCUT2D eigenvalue weighted by atomic mass is 16.5. The third-order valence-corrected chi connectivity index (χ3v) is 3.06. The van der Waals surface area contributed by atoms with E-state index in [2.05, 4.69) is 5.32 Å². The zero-order chi connectivity index (χ0) is 12.8. The molecule has 0 aromatic heterocycles. The van der Waals surface area contributed by atoms with Crippen LogP contribution < -0.4 is 5.32 Å². The molecule has 6 nitrogen and oxygen atoms in total. The van der Waals surface area contributed by atoms with Gasteiger partial charge in [0.15, 0.2) is 0 Å². The van der Waals surface area contributed by atoms with Crippen molar-refractivity contribution in [2.24, 2.45) is 5.92 Å². The van der Waals surface area contributed by atoms with E-state index in [0.29, 0.717) is 19.1 Å². The molecule has 1 rings (SSSR count). The van der Waals surface area contributed by atoms with E-state index in [-0.39, 0.29) is 6.03 Å². The fourth-order valence-electron chi connectivity index (χ4n) is 1.67. The Bertz CT molecular complexity index is 277. The van der Waals surface area contributed by atoms with E-state index in [1.807, 2.05) is 0 Å². The summed E-state index contributed by atoms with van der Waals surface area (Å²) in [6.07, 6.45) is 2.06. The maximum atomic E-state index is 11.6. The van der Waals surface area contributed by atoms with Crippen LogP contribution in [0.25, 0.3) is 0 Å². The van der Waals surface area contributed by atoms with Crippen molar-refractivity contribution < 1.29 is 19.4 Å². The monoisotopic (exact) mass is 244 g/mol. The number of urea groups is 1. The van der Waals surface area contributed by atoms with E-state index < -0.39 is 12.0 Å². The van der Waals surface area contributed by atoms with Crippen molar-refractivity contribution in [1.82, 2.24) is 10.2 Å². The number of aliphatic carboxylic acids is 1. The molecule has 1 aliphatic rings. The molecule has 1 fully saturated rings. The first-order chi connectivity index (χ1) is 8.02. The number of amides is 2. The molecule has 0 aromatic carbocycles. The molecule has 2 N–H and O–H groups in total. The molecule has 0 radical (unpaired) electrons. The van der Waals surface area contributed by atoms with Crippen LogP contribution in [0.15, 0.2) is 0 Å². The lowest BCUT2D eigenvalue weighted by molar-refractivity contribution is -0.141. The second-order valence-corrected chi connectivity index (χ2v) is 4.39. The van der Waals surface area contributed by atoms with Crippen molar-refractivity contribution in [3.05, 3.63) is 0 Å². The highest BCUT2D eigenvalue weighted by Crippen LogP contribution is 2.12. The Morgan fingerprint density at radius 3 is 2.82 bits per heavy atom. The summed E-state index contributed by atoms with van der Waals surface area (Å²) in [6.45, 7) is 3.47. The van der Waals surface area contributed by atoms with Gasteiger partial charge in [-0.2, -0.15) is 0 Å². The Balaban J connectivity index is 2.30. The van der Waals surface area contributed by atoms with Crippen LogP contribution in [0.2, 0.25) is 0 Å². The van der Waals surface area contributed by atoms with Gasteiger partial charge in [0.25, 0.3) is 0 Å². The molecule has 2 amide bonds. The van der Waals surface area contributed by atoms with Gasteiger partial charge in [-0.1, -0.05) is 0 Å². The van der Waals surface area contributed by atoms with Crippen LogP contribution in [-0.2, 0) is 9.53 Å². The minimum absolute atomic E-state index is 0.334. The van der Waals surface area contributed by atoms with Gasteiger partial charge < -0.3 is 20.1 Å². The van der Waals surface area contributed by atoms with Crippen molar-refractivity contribution in [3.63, 3.8) is 0 Å². The zero-order valence-electron chi connectivity index (χ0n) is 10.3. The average molecular weight is 244 g/mol. The fourth-order valence-corrected chi connectivity index (χ4v) is 1.67. The molecule has 2 atom stereocenters. The van der Waals surface area contributed by atoms with Crippen molar-refractivity contribution in [2.75, 3.05) is 26.8 Å². The van der Waals surface area contributed by atoms with Gasteiger partial charge in [0.2, 0.25) is 0 Å². The van der Waals surface area contributed by atoms with Gasteiger partial charge in [0, 0.05) is 20.2 Å². The van der Waals surface area contributed by atoms with Gasteiger partial charge >= 0.3 is 12.0 Å². The van der Waals surface area contributed by atoms with Gasteiger partial charge in [0.05, 0.1) is 6.61 Å². The molecular weight excluding hydrogens is 224 g/mol. The molecule has 0 saturated carbocycles. The molecule has 0 bridgehead atoms. The molecule has 0 aromatic rings. The van der Waals surface area contributed by atoms with E-state index in [0.717, 1.165) is 19.4 Å². The first kappa shape index (κ1) is 13.8. The van der Waals surface area contributed by atoms with Gasteiger partial charge in [-0.05, 0) is 25.7 Å². The van der Waals surface area contributed by atoms with Gasteiger partial charge in [-0.25, -0.2) is 9.59 Å². The number of likely N-dealkylation sites (N-methyl/N-ethyl adjacent to an activating group) is 1. The number of hydrogen-bond donors (Lipinski definition) is 2. The summed E-state index contributed by atoms with van der Waals surface area (Å²) >= 11 is 0. The van der Waals surface area contributed by atoms with Crippen molar-refractivity contribution in [2.45, 2.75) is 25.8 Å². The summed E-state index contributed by atoms with van der Waals surface area (Å²) in [5.41, 5.74) is 0. The lowest BCUT2D eigenvalue weighted by atomic mass is 10.0. The largest absolute Gasteiger partial charge is 0.480 e. The molecule has 17 heavy (non-hydrogen) atoms. The number of rotatable bonds is 4. The number of carbonyl (C=O) groups excluding carboxylic acids is 1. The highest BCUT2D eigenvalue weighted by molar-refractivity contribution is 5.82. The van der Waals surface area contributed by atoms with E-state index in [1.165, 1.54) is 18.9 Å². The van der Waals surface area contributed by atoms with Crippen LogP contribution in [0.5, 0.6) is 0 Å². The number of carboxylic acids is 1. The van der Waals surface area contributed by atoms with Crippen LogP contribution in [0.3, 0.4) is 0 Å². The molecule has 1 heterocycles. The summed E-state index contributed by atoms with van der Waals surface area (Å²) in [5.74, 6) is -0.676. The summed E-state index contributed by atoms with van der Waals surface area (Å²) < 4.78 is 5.30. The Labute approximate surface area is 101 Å². The third kappa shape index (κ3) is 4.22. The molecule has 6 heteroatoms. The summed E-state index contributed by atoms with van der Waals surface area (Å²) in [6, 6.07) is -1.18. The van der Waals surface area contributed by atoms with Gasteiger partial charge in [-0.3, -0.25) is 0 Å². The number of nitrogens with zero attached hydrogens (tertiary/aromatic N) is 1. The second-order valence-electron chi connectivity index (χ2n) is 4.39. The van der Waals surface area contributed by atoms with Crippen LogP contribution in [0, 0.1) is 5.92 Å². The summed E-state index contributed by atoms with van der Waals surface area (Å²) in [4.78, 5) is 23.5. The summed E-state index contributed by atoms with van der Waals surface area (Å²) in [7, 11) is 1.48. The van der Waals surface area contributed by atoms with Crippen molar-refractivity contribution >= 4 is 12.0 Å². The molecular formula is C11H20N2O4. The Morgan fingerprint density at radius 2 is 2.29 bits per heavy atom. The van der Waals surface area contributed by atoms with Crippen LogP contribution >= 0.6 is 0 Å². The molecule has 98 valence electrons. The number of nitrogens with one attached hydrogen (secondary N) is 1. The molecule has 2 unspecified atom stereocenters. The van der Waals surface area contributed by atoms with Gasteiger partial charge in [0.1, 0.15) is 6.04 Å². The van der Waals surface area contributed by atoms with Crippen molar-refractivity contribution in [1.29, 1.82) is 0 Å². The lowest BCUT2D eigenvalue weighted by Crippen LogP contribution is -2.47. The SMILES string of the molecule is CC(C(=O)O)N(C)C(=O)NCC1CCCOC1. The number of hydrogen-bond acceptors (Lipinski definition) is 3. The molecule has 1 saturated heterocycles. The smallest absolute Gasteiger partial charge is 0.326 e. The first-order valence-electron chi connectivity index (χ1n) is 5.83. The van der Waals surface area contributed by atoms with Crippen LogP contribution in [0.4, 0.5) is 4.79 Å². The number of carbonyl (C=O) groups is 2.